The first-order valence-corrected chi connectivity index (χ1v) is 11.2. The summed E-state index contributed by atoms with van der Waals surface area (Å²) in [6, 6.07) is 10.3. The largest absolute Gasteiger partial charge is 0.365 e. The highest BCUT2D eigenvalue weighted by molar-refractivity contribution is 7.17. The molecule has 3 heterocycles. The third-order valence-corrected chi connectivity index (χ3v) is 6.58. The van der Waals surface area contributed by atoms with Gasteiger partial charge in [-0.25, -0.2) is 9.37 Å². The number of hydrogen-bond acceptors (Lipinski definition) is 6. The number of piperidine rings is 1. The SMILES string of the molecule is CNc1nc(C)c(C(=O)N2CCCC(c3cc(Nc4cccc(F)c4)cc(C)n3)C2)s1. The number of amides is 1. The van der Waals surface area contributed by atoms with Crippen molar-refractivity contribution >= 4 is 33.8 Å². The highest BCUT2D eigenvalue weighted by Gasteiger charge is 2.28. The van der Waals surface area contributed by atoms with Gasteiger partial charge in [-0.2, -0.15) is 0 Å². The Labute approximate surface area is 185 Å². The standard InChI is InChI=1S/C23H26FN5OS/c1-14-10-19(28-18-8-4-7-17(24)11-18)12-20(26-14)16-6-5-9-29(13-16)22(30)21-15(2)27-23(25-3)31-21/h4,7-8,10-12,16H,5-6,9,13H2,1-3H3,(H,25,27)(H,26,28). The van der Waals surface area contributed by atoms with E-state index in [0.717, 1.165) is 47.3 Å². The second-order valence-electron chi connectivity index (χ2n) is 7.83. The molecule has 1 aliphatic rings. The zero-order valence-electron chi connectivity index (χ0n) is 17.9. The Bertz CT molecular complexity index is 1100. The zero-order chi connectivity index (χ0) is 22.0. The van der Waals surface area contributed by atoms with Crippen molar-refractivity contribution in [1.82, 2.24) is 14.9 Å². The summed E-state index contributed by atoms with van der Waals surface area (Å²) in [6.45, 7) is 5.19. The summed E-state index contributed by atoms with van der Waals surface area (Å²) in [4.78, 5) is 24.9. The molecule has 0 spiro atoms. The topological polar surface area (TPSA) is 70.2 Å². The highest BCUT2D eigenvalue weighted by atomic mass is 32.1. The van der Waals surface area contributed by atoms with Crippen molar-refractivity contribution in [2.45, 2.75) is 32.6 Å². The van der Waals surface area contributed by atoms with Gasteiger partial charge in [-0.3, -0.25) is 9.78 Å². The molecule has 1 atom stereocenters. The lowest BCUT2D eigenvalue weighted by molar-refractivity contribution is 0.0710. The number of nitrogens with one attached hydrogen (secondary N) is 2. The van der Waals surface area contributed by atoms with Crippen LogP contribution in [0, 0.1) is 19.7 Å². The van der Waals surface area contributed by atoms with Crippen LogP contribution in [0.1, 0.15) is 45.5 Å². The molecule has 1 unspecified atom stereocenters. The molecule has 2 aromatic heterocycles. The fourth-order valence-electron chi connectivity index (χ4n) is 3.96. The summed E-state index contributed by atoms with van der Waals surface area (Å²) < 4.78 is 13.5. The molecular weight excluding hydrogens is 413 g/mol. The number of hydrogen-bond donors (Lipinski definition) is 2. The van der Waals surface area contributed by atoms with Crippen molar-refractivity contribution in [2.75, 3.05) is 30.8 Å². The molecule has 2 N–H and O–H groups in total. The first kappa shape index (κ1) is 21.2. The van der Waals surface area contributed by atoms with Crippen molar-refractivity contribution < 1.29 is 9.18 Å². The molecule has 0 bridgehead atoms. The van der Waals surface area contributed by atoms with Gasteiger partial charge in [-0.1, -0.05) is 17.4 Å². The molecule has 1 aliphatic heterocycles. The Morgan fingerprint density at radius 3 is 2.77 bits per heavy atom. The van der Waals surface area contributed by atoms with Gasteiger partial charge in [-0.15, -0.1) is 0 Å². The Morgan fingerprint density at radius 1 is 1.19 bits per heavy atom. The van der Waals surface area contributed by atoms with E-state index in [2.05, 4.69) is 15.6 Å². The molecule has 6 nitrogen and oxygen atoms in total. The van der Waals surface area contributed by atoms with E-state index in [4.69, 9.17) is 4.98 Å². The minimum atomic E-state index is -0.280. The summed E-state index contributed by atoms with van der Waals surface area (Å²) in [5.74, 6) is -0.0909. The van der Waals surface area contributed by atoms with Crippen LogP contribution in [0.3, 0.4) is 0 Å². The van der Waals surface area contributed by atoms with E-state index in [0.29, 0.717) is 17.1 Å². The summed E-state index contributed by atoms with van der Waals surface area (Å²) in [7, 11) is 1.81. The van der Waals surface area contributed by atoms with Gasteiger partial charge >= 0.3 is 0 Å². The van der Waals surface area contributed by atoms with Gasteiger partial charge in [0.25, 0.3) is 5.91 Å². The van der Waals surface area contributed by atoms with E-state index in [1.165, 1.54) is 23.5 Å². The van der Waals surface area contributed by atoms with Crippen LogP contribution in [0.4, 0.5) is 20.9 Å². The maximum absolute atomic E-state index is 13.5. The minimum Gasteiger partial charge on any atom is -0.365 e. The average molecular weight is 440 g/mol. The van der Waals surface area contributed by atoms with Crippen LogP contribution in [0.5, 0.6) is 0 Å². The summed E-state index contributed by atoms with van der Waals surface area (Å²) >= 11 is 1.40. The fourth-order valence-corrected chi connectivity index (χ4v) is 4.84. The number of anilines is 3. The second kappa shape index (κ2) is 9.01. The lowest BCUT2D eigenvalue weighted by atomic mass is 9.93. The monoisotopic (exact) mass is 439 g/mol. The lowest BCUT2D eigenvalue weighted by Crippen LogP contribution is -2.39. The third-order valence-electron chi connectivity index (χ3n) is 5.42. The number of benzene rings is 1. The van der Waals surface area contributed by atoms with Crippen molar-refractivity contribution in [1.29, 1.82) is 0 Å². The van der Waals surface area contributed by atoms with Crippen LogP contribution in [0.2, 0.25) is 0 Å². The van der Waals surface area contributed by atoms with Gasteiger partial charge in [-0.05, 0) is 57.0 Å². The number of carbonyl (C=O) groups is 1. The highest BCUT2D eigenvalue weighted by Crippen LogP contribution is 2.31. The molecule has 0 saturated carbocycles. The van der Waals surface area contributed by atoms with Crippen LogP contribution in [0.15, 0.2) is 36.4 Å². The number of thiazole rings is 1. The smallest absolute Gasteiger partial charge is 0.265 e. The number of carbonyl (C=O) groups excluding carboxylic acids is 1. The Balaban J connectivity index is 1.53. The van der Waals surface area contributed by atoms with Crippen molar-refractivity contribution in [3.8, 4) is 0 Å². The normalized spacial score (nSPS) is 16.3. The predicted molar refractivity (Wildman–Crippen MR) is 123 cm³/mol. The van der Waals surface area contributed by atoms with E-state index >= 15 is 0 Å². The predicted octanol–water partition coefficient (Wildman–Crippen LogP) is 5.10. The number of aromatic nitrogens is 2. The number of pyridine rings is 1. The molecule has 0 radical (unpaired) electrons. The van der Waals surface area contributed by atoms with Crippen LogP contribution in [0.25, 0.3) is 0 Å². The molecule has 0 aliphatic carbocycles. The van der Waals surface area contributed by atoms with E-state index in [1.807, 2.05) is 44.0 Å². The summed E-state index contributed by atoms with van der Waals surface area (Å²) in [6.07, 6.45) is 1.90. The van der Waals surface area contributed by atoms with Gasteiger partial charge in [0.15, 0.2) is 5.13 Å². The van der Waals surface area contributed by atoms with Crippen LogP contribution in [-0.2, 0) is 0 Å². The molecule has 31 heavy (non-hydrogen) atoms. The molecular formula is C23H26FN5OS. The van der Waals surface area contributed by atoms with Crippen molar-refractivity contribution in [2.24, 2.45) is 0 Å². The molecule has 162 valence electrons. The van der Waals surface area contributed by atoms with E-state index in [1.54, 1.807) is 6.07 Å². The van der Waals surface area contributed by atoms with Crippen LogP contribution < -0.4 is 10.6 Å². The molecule has 1 saturated heterocycles. The maximum atomic E-state index is 13.5. The molecule has 4 rings (SSSR count). The number of nitrogens with zero attached hydrogens (tertiary/aromatic N) is 3. The summed E-state index contributed by atoms with van der Waals surface area (Å²) in [5, 5.41) is 7.03. The van der Waals surface area contributed by atoms with Crippen molar-refractivity contribution in [3.63, 3.8) is 0 Å². The van der Waals surface area contributed by atoms with Crippen molar-refractivity contribution in [3.05, 3.63) is 64.2 Å². The van der Waals surface area contributed by atoms with E-state index < -0.39 is 0 Å². The molecule has 1 amide bonds. The van der Waals surface area contributed by atoms with Gasteiger partial charge in [0.05, 0.1) is 5.69 Å². The Morgan fingerprint density at radius 2 is 2.03 bits per heavy atom. The van der Waals surface area contributed by atoms with E-state index in [9.17, 15) is 9.18 Å². The molecule has 8 heteroatoms. The maximum Gasteiger partial charge on any atom is 0.265 e. The van der Waals surface area contributed by atoms with E-state index in [-0.39, 0.29) is 17.6 Å². The number of aryl methyl sites for hydroxylation is 2. The lowest BCUT2D eigenvalue weighted by Gasteiger charge is -2.32. The Kier molecular flexibility index (Phi) is 6.18. The average Bonchev–Trinajstić information content (AvgIpc) is 3.13. The fraction of sp³-hybridized carbons (Fsp3) is 0.348. The summed E-state index contributed by atoms with van der Waals surface area (Å²) in [5.41, 5.74) is 4.16. The van der Waals surface area contributed by atoms with Crippen LogP contribution in [-0.4, -0.2) is 40.9 Å². The van der Waals surface area contributed by atoms with Gasteiger partial charge in [0.2, 0.25) is 0 Å². The van der Waals surface area contributed by atoms with Gasteiger partial charge in [0.1, 0.15) is 10.7 Å². The first-order chi connectivity index (χ1) is 14.9. The number of rotatable bonds is 5. The number of likely N-dealkylation sites (tertiary alicyclic amines) is 1. The number of halogens is 1. The van der Waals surface area contributed by atoms with Gasteiger partial charge in [0, 0.05) is 48.8 Å². The Hall–Kier alpha value is -3.00. The minimum absolute atomic E-state index is 0.0342. The third kappa shape index (κ3) is 4.85. The molecule has 3 aromatic rings. The van der Waals surface area contributed by atoms with Crippen LogP contribution >= 0.6 is 11.3 Å². The first-order valence-electron chi connectivity index (χ1n) is 10.4. The zero-order valence-corrected chi connectivity index (χ0v) is 18.7. The van der Waals surface area contributed by atoms with Gasteiger partial charge < -0.3 is 15.5 Å². The molecule has 1 aromatic carbocycles. The molecule has 1 fully saturated rings. The quantitative estimate of drug-likeness (QED) is 0.579. The second-order valence-corrected chi connectivity index (χ2v) is 8.83.